The zero-order chi connectivity index (χ0) is 22.7. The van der Waals surface area contributed by atoms with Crippen LogP contribution >= 0.6 is 0 Å². The first-order valence-electron chi connectivity index (χ1n) is 11.0. The van der Waals surface area contributed by atoms with Crippen molar-refractivity contribution >= 4 is 23.3 Å². The Hall–Kier alpha value is -3.03. The minimum atomic E-state index is -0.894. The fourth-order valence-corrected chi connectivity index (χ4v) is 4.31. The first kappa shape index (κ1) is 22.2. The van der Waals surface area contributed by atoms with Crippen LogP contribution in [0.3, 0.4) is 0 Å². The summed E-state index contributed by atoms with van der Waals surface area (Å²) < 4.78 is 5.37. The van der Waals surface area contributed by atoms with E-state index in [0.717, 1.165) is 29.0 Å². The van der Waals surface area contributed by atoms with Crippen LogP contribution in [0.4, 0.5) is 5.69 Å². The number of amides is 2. The molecular weight excluding hydrogens is 408 g/mol. The van der Waals surface area contributed by atoms with Gasteiger partial charge in [0.2, 0.25) is 0 Å². The number of benzene rings is 2. The summed E-state index contributed by atoms with van der Waals surface area (Å²) in [4.78, 5) is 38.0. The van der Waals surface area contributed by atoms with Gasteiger partial charge in [-0.3, -0.25) is 19.3 Å². The quantitative estimate of drug-likeness (QED) is 0.648. The van der Waals surface area contributed by atoms with Gasteiger partial charge in [-0.15, -0.1) is 0 Å². The van der Waals surface area contributed by atoms with Crippen molar-refractivity contribution in [2.24, 2.45) is 11.8 Å². The summed E-state index contributed by atoms with van der Waals surface area (Å²) in [5.74, 6) is -0.313. The van der Waals surface area contributed by atoms with Crippen molar-refractivity contribution in [1.82, 2.24) is 4.90 Å². The normalized spacial score (nSPS) is 21.9. The summed E-state index contributed by atoms with van der Waals surface area (Å²) in [6, 6.07) is 14.6. The molecule has 1 fully saturated rings. The molecule has 0 bridgehead atoms. The van der Waals surface area contributed by atoms with Crippen molar-refractivity contribution in [2.75, 3.05) is 31.6 Å². The number of anilines is 1. The smallest absolute Gasteiger partial charge is 0.261 e. The summed E-state index contributed by atoms with van der Waals surface area (Å²) in [5, 5.41) is 13.5. The van der Waals surface area contributed by atoms with Crippen molar-refractivity contribution in [2.45, 2.75) is 25.9 Å². The molecule has 3 unspecified atom stereocenters. The molecule has 168 valence electrons. The summed E-state index contributed by atoms with van der Waals surface area (Å²) in [7, 11) is 0. The number of hydrogen-bond donors (Lipinski definition) is 2. The van der Waals surface area contributed by atoms with E-state index in [-0.39, 0.29) is 49.1 Å². The summed E-state index contributed by atoms with van der Waals surface area (Å²) in [5.41, 5.74) is 2.74. The van der Waals surface area contributed by atoms with E-state index in [0.29, 0.717) is 17.7 Å². The molecule has 0 aromatic heterocycles. The van der Waals surface area contributed by atoms with Crippen molar-refractivity contribution < 1.29 is 24.2 Å². The van der Waals surface area contributed by atoms with Crippen molar-refractivity contribution in [1.29, 1.82) is 0 Å². The number of carbonyl (C=O) groups excluding carboxylic acids is 3. The number of fused-ring (bicyclic) bond motifs is 1. The molecule has 32 heavy (non-hydrogen) atoms. The van der Waals surface area contributed by atoms with Gasteiger partial charge in [0.25, 0.3) is 11.8 Å². The topological polar surface area (TPSA) is 95.9 Å². The number of ether oxygens (including phenoxy) is 1. The summed E-state index contributed by atoms with van der Waals surface area (Å²) in [6.45, 7) is 2.95. The van der Waals surface area contributed by atoms with Gasteiger partial charge in [-0.1, -0.05) is 31.2 Å². The number of imide groups is 1. The number of β-amino-alcohol motifs (C(OH)–C–C–N with tert-alkyl or cyclic N) is 1. The molecule has 2 N–H and O–H groups in total. The average Bonchev–Trinajstić information content (AvgIpc) is 2.93. The highest BCUT2D eigenvalue weighted by molar-refractivity contribution is 6.21. The third-order valence-electron chi connectivity index (χ3n) is 6.36. The Kier molecular flexibility index (Phi) is 6.67. The van der Waals surface area contributed by atoms with Gasteiger partial charge < -0.3 is 15.2 Å². The van der Waals surface area contributed by atoms with E-state index < -0.39 is 6.10 Å². The first-order chi connectivity index (χ1) is 15.4. The van der Waals surface area contributed by atoms with Gasteiger partial charge in [0.05, 0.1) is 23.8 Å². The minimum absolute atomic E-state index is 0.00686. The molecule has 0 aliphatic carbocycles. The van der Waals surface area contributed by atoms with E-state index >= 15 is 0 Å². The lowest BCUT2D eigenvalue weighted by Crippen LogP contribution is -2.39. The Balaban J connectivity index is 1.28. The first-order valence-corrected chi connectivity index (χ1v) is 11.0. The van der Waals surface area contributed by atoms with Crippen LogP contribution in [0.25, 0.3) is 0 Å². The Morgan fingerprint density at radius 1 is 1.06 bits per heavy atom. The second-order valence-corrected chi connectivity index (χ2v) is 8.56. The highest BCUT2D eigenvalue weighted by atomic mass is 16.5. The molecule has 0 spiro atoms. The van der Waals surface area contributed by atoms with Gasteiger partial charge in [-0.2, -0.15) is 0 Å². The van der Waals surface area contributed by atoms with Gasteiger partial charge in [0.1, 0.15) is 6.61 Å². The van der Waals surface area contributed by atoms with Gasteiger partial charge in [-0.25, -0.2) is 0 Å². The van der Waals surface area contributed by atoms with Crippen molar-refractivity contribution in [3.63, 3.8) is 0 Å². The van der Waals surface area contributed by atoms with Crippen LogP contribution in [0.2, 0.25) is 0 Å². The van der Waals surface area contributed by atoms with E-state index in [1.807, 2.05) is 31.2 Å². The van der Waals surface area contributed by atoms with Gasteiger partial charge in [0.15, 0.2) is 5.78 Å². The van der Waals surface area contributed by atoms with Crippen LogP contribution in [-0.4, -0.2) is 60.0 Å². The molecule has 7 nitrogen and oxygen atoms in total. The SMILES string of the molecule is CC1C(=O)COCCC1Cc1ccc(NCC(O)CN2C(=O)c3ccccc3C2=O)cc1. The van der Waals surface area contributed by atoms with E-state index in [2.05, 4.69) is 5.32 Å². The monoisotopic (exact) mass is 436 g/mol. The lowest BCUT2D eigenvalue weighted by atomic mass is 9.84. The third kappa shape index (κ3) is 4.74. The lowest BCUT2D eigenvalue weighted by molar-refractivity contribution is -0.126. The Morgan fingerprint density at radius 3 is 2.38 bits per heavy atom. The molecule has 1 saturated heterocycles. The minimum Gasteiger partial charge on any atom is -0.389 e. The number of aliphatic hydroxyl groups is 1. The standard InChI is InChI=1S/C25H28N2O5/c1-16-18(10-11-32-15-23(16)29)12-17-6-8-19(9-7-17)26-13-20(28)14-27-24(30)21-4-2-3-5-22(21)25(27)31/h2-9,16,18,20,26,28H,10-15H2,1H3. The fraction of sp³-hybridized carbons (Fsp3) is 0.400. The number of aliphatic hydroxyl groups excluding tert-OH is 1. The van der Waals surface area contributed by atoms with Crippen molar-refractivity contribution in [3.8, 4) is 0 Å². The molecular formula is C25H28N2O5. The summed E-state index contributed by atoms with van der Waals surface area (Å²) in [6.07, 6.45) is 0.797. The molecule has 4 rings (SSSR count). The van der Waals surface area contributed by atoms with Gasteiger partial charge in [0, 0.05) is 24.8 Å². The molecule has 2 amide bonds. The third-order valence-corrected chi connectivity index (χ3v) is 6.36. The Morgan fingerprint density at radius 2 is 1.72 bits per heavy atom. The van der Waals surface area contributed by atoms with Crippen molar-refractivity contribution in [3.05, 3.63) is 65.2 Å². The maximum Gasteiger partial charge on any atom is 0.261 e. The van der Waals surface area contributed by atoms with Gasteiger partial charge in [-0.05, 0) is 48.6 Å². The second-order valence-electron chi connectivity index (χ2n) is 8.56. The molecule has 0 radical (unpaired) electrons. The molecule has 0 saturated carbocycles. The number of carbonyl (C=O) groups is 3. The van der Waals surface area contributed by atoms with E-state index in [4.69, 9.17) is 4.74 Å². The molecule has 2 aliphatic heterocycles. The van der Waals surface area contributed by atoms with Crippen LogP contribution in [0.15, 0.2) is 48.5 Å². The highest BCUT2D eigenvalue weighted by Gasteiger charge is 2.36. The molecule has 2 heterocycles. The predicted molar refractivity (Wildman–Crippen MR) is 120 cm³/mol. The van der Waals surface area contributed by atoms with Crippen LogP contribution in [0, 0.1) is 11.8 Å². The highest BCUT2D eigenvalue weighted by Crippen LogP contribution is 2.26. The number of rotatable bonds is 7. The summed E-state index contributed by atoms with van der Waals surface area (Å²) >= 11 is 0. The molecule has 2 aromatic rings. The number of hydrogen-bond acceptors (Lipinski definition) is 6. The largest absolute Gasteiger partial charge is 0.389 e. The lowest BCUT2D eigenvalue weighted by Gasteiger charge is -2.20. The number of ketones is 1. The zero-order valence-electron chi connectivity index (χ0n) is 18.1. The number of nitrogens with one attached hydrogen (secondary N) is 1. The zero-order valence-corrected chi connectivity index (χ0v) is 18.1. The van der Waals surface area contributed by atoms with Gasteiger partial charge >= 0.3 is 0 Å². The van der Waals surface area contributed by atoms with E-state index in [1.54, 1.807) is 24.3 Å². The number of nitrogens with zero attached hydrogens (tertiary/aromatic N) is 1. The maximum atomic E-state index is 12.4. The molecule has 7 heteroatoms. The molecule has 2 aliphatic rings. The Bertz CT molecular complexity index is 969. The van der Waals surface area contributed by atoms with Crippen LogP contribution < -0.4 is 5.32 Å². The average molecular weight is 437 g/mol. The number of Topliss-reactive ketones (excluding diaryl/α,β-unsaturated/α-hetero) is 1. The van der Waals surface area contributed by atoms with Crippen LogP contribution in [0.5, 0.6) is 0 Å². The van der Waals surface area contributed by atoms with E-state index in [1.165, 1.54) is 0 Å². The Labute approximate surface area is 187 Å². The predicted octanol–water partition coefficient (Wildman–Crippen LogP) is 2.54. The second kappa shape index (κ2) is 9.63. The van der Waals surface area contributed by atoms with Crippen LogP contribution in [0.1, 0.15) is 39.6 Å². The van der Waals surface area contributed by atoms with E-state index in [9.17, 15) is 19.5 Å². The van der Waals surface area contributed by atoms with Crippen LogP contribution in [-0.2, 0) is 16.0 Å². The molecule has 3 atom stereocenters. The fourth-order valence-electron chi connectivity index (χ4n) is 4.31. The molecule has 2 aromatic carbocycles. The maximum absolute atomic E-state index is 12.4.